The quantitative estimate of drug-likeness (QED) is 0.589. The highest BCUT2D eigenvalue weighted by Crippen LogP contribution is 2.15. The highest BCUT2D eigenvalue weighted by Gasteiger charge is 2.12. The summed E-state index contributed by atoms with van der Waals surface area (Å²) in [7, 11) is -3.78. The van der Waals surface area contributed by atoms with E-state index < -0.39 is 16.0 Å². The minimum Gasteiger partial charge on any atom is -0.494 e. The van der Waals surface area contributed by atoms with Gasteiger partial charge in [-0.2, -0.15) is 13.5 Å². The number of carbonyl (C=O) groups is 1. The van der Waals surface area contributed by atoms with E-state index in [0.29, 0.717) is 17.9 Å². The Balaban J connectivity index is 2.04. The van der Waals surface area contributed by atoms with Crippen molar-refractivity contribution in [2.24, 2.45) is 5.10 Å². The Bertz CT molecular complexity index is 828. The molecule has 7 nitrogen and oxygen atoms in total. The van der Waals surface area contributed by atoms with Crippen LogP contribution in [0.25, 0.3) is 0 Å². The number of carboxylic acids is 1. The molecule has 0 spiro atoms. The van der Waals surface area contributed by atoms with Crippen LogP contribution < -0.4 is 9.57 Å². The zero-order valence-corrected chi connectivity index (χ0v) is 13.7. The highest BCUT2D eigenvalue weighted by molar-refractivity contribution is 7.89. The lowest BCUT2D eigenvalue weighted by Crippen LogP contribution is -2.18. The molecule has 2 aromatic carbocycles. The molecule has 0 atom stereocenters. The Morgan fingerprint density at radius 2 is 1.79 bits per heavy atom. The van der Waals surface area contributed by atoms with Gasteiger partial charge in [0.1, 0.15) is 5.75 Å². The first kappa shape index (κ1) is 17.5. The lowest BCUT2D eigenvalue weighted by Gasteiger charge is -2.05. The number of nitrogens with one attached hydrogen (secondary N) is 1. The molecular formula is C16H16N2O5S. The van der Waals surface area contributed by atoms with Crippen LogP contribution in [-0.2, 0) is 10.0 Å². The van der Waals surface area contributed by atoms with Crippen molar-refractivity contribution in [2.45, 2.75) is 11.8 Å². The van der Waals surface area contributed by atoms with Gasteiger partial charge in [0, 0.05) is 0 Å². The Kier molecular flexibility index (Phi) is 5.54. The van der Waals surface area contributed by atoms with Gasteiger partial charge < -0.3 is 9.84 Å². The largest absolute Gasteiger partial charge is 0.494 e. The standard InChI is InChI=1S/C16H16N2O5S/c1-2-23-14-7-9-15(10-8-14)24(21,22)18-17-11-12-3-5-13(6-4-12)16(19)20/h3-11,18H,2H2,1H3,(H,19,20)/b17-11+. The van der Waals surface area contributed by atoms with Gasteiger partial charge in [-0.3, -0.25) is 0 Å². The molecule has 0 aliphatic heterocycles. The maximum Gasteiger partial charge on any atom is 0.335 e. The minimum absolute atomic E-state index is 0.0596. The van der Waals surface area contributed by atoms with Crippen molar-refractivity contribution >= 4 is 22.2 Å². The van der Waals surface area contributed by atoms with Crippen molar-refractivity contribution in [1.29, 1.82) is 0 Å². The molecule has 2 aromatic rings. The van der Waals surface area contributed by atoms with Crippen molar-refractivity contribution in [1.82, 2.24) is 4.83 Å². The Morgan fingerprint density at radius 1 is 1.17 bits per heavy atom. The molecule has 0 saturated carbocycles. The molecule has 0 amide bonds. The van der Waals surface area contributed by atoms with E-state index in [-0.39, 0.29) is 10.5 Å². The smallest absolute Gasteiger partial charge is 0.335 e. The zero-order chi connectivity index (χ0) is 17.6. The number of sulfonamides is 1. The van der Waals surface area contributed by atoms with E-state index in [1.165, 1.54) is 42.6 Å². The predicted molar refractivity (Wildman–Crippen MR) is 88.9 cm³/mol. The van der Waals surface area contributed by atoms with E-state index in [0.717, 1.165) is 0 Å². The Morgan fingerprint density at radius 3 is 2.33 bits per heavy atom. The molecule has 0 radical (unpaired) electrons. The first-order chi connectivity index (χ1) is 11.4. The summed E-state index contributed by atoms with van der Waals surface area (Å²) in [6.07, 6.45) is 1.29. The average molecular weight is 348 g/mol. The van der Waals surface area contributed by atoms with Crippen LogP contribution in [0.15, 0.2) is 58.5 Å². The molecule has 126 valence electrons. The number of hydrazone groups is 1. The predicted octanol–water partition coefficient (Wildman–Crippen LogP) is 2.10. The van der Waals surface area contributed by atoms with Gasteiger partial charge in [-0.25, -0.2) is 9.63 Å². The van der Waals surface area contributed by atoms with E-state index >= 15 is 0 Å². The number of hydrogen-bond donors (Lipinski definition) is 2. The van der Waals surface area contributed by atoms with E-state index in [1.807, 2.05) is 6.92 Å². The molecule has 0 aromatic heterocycles. The van der Waals surface area contributed by atoms with Gasteiger partial charge in [0.2, 0.25) is 0 Å². The number of benzene rings is 2. The minimum atomic E-state index is -3.78. The second-order valence-corrected chi connectivity index (χ2v) is 6.35. The summed E-state index contributed by atoms with van der Waals surface area (Å²) in [5.74, 6) is -0.451. The molecule has 0 aliphatic carbocycles. The fraction of sp³-hybridized carbons (Fsp3) is 0.125. The van der Waals surface area contributed by atoms with Crippen molar-refractivity contribution in [3.8, 4) is 5.75 Å². The maximum atomic E-state index is 12.1. The van der Waals surface area contributed by atoms with Crippen LogP contribution >= 0.6 is 0 Å². The number of aromatic carboxylic acids is 1. The normalized spacial score (nSPS) is 11.4. The Hall–Kier alpha value is -2.87. The maximum absolute atomic E-state index is 12.1. The fourth-order valence-electron chi connectivity index (χ4n) is 1.82. The summed E-state index contributed by atoms with van der Waals surface area (Å²) in [6, 6.07) is 11.8. The fourth-order valence-corrected chi connectivity index (χ4v) is 2.61. The van der Waals surface area contributed by atoms with Crippen LogP contribution in [-0.4, -0.2) is 32.3 Å². The molecule has 0 unspecified atom stereocenters. The number of rotatable bonds is 7. The first-order valence-electron chi connectivity index (χ1n) is 7.03. The van der Waals surface area contributed by atoms with Crippen molar-refractivity contribution < 1.29 is 23.1 Å². The van der Waals surface area contributed by atoms with Crippen molar-refractivity contribution in [3.05, 3.63) is 59.7 Å². The third kappa shape index (κ3) is 4.56. The van der Waals surface area contributed by atoms with Crippen LogP contribution in [0.1, 0.15) is 22.8 Å². The summed E-state index contributed by atoms with van der Waals surface area (Å²) in [5, 5.41) is 12.5. The summed E-state index contributed by atoms with van der Waals surface area (Å²) in [4.78, 5) is 12.9. The lowest BCUT2D eigenvalue weighted by atomic mass is 10.1. The molecular weight excluding hydrogens is 332 g/mol. The van der Waals surface area contributed by atoms with E-state index in [9.17, 15) is 13.2 Å². The van der Waals surface area contributed by atoms with Crippen LogP contribution in [0.5, 0.6) is 5.75 Å². The topological polar surface area (TPSA) is 105 Å². The molecule has 24 heavy (non-hydrogen) atoms. The molecule has 0 saturated heterocycles. The van der Waals surface area contributed by atoms with Gasteiger partial charge in [-0.05, 0) is 48.9 Å². The van der Waals surface area contributed by atoms with Crippen molar-refractivity contribution in [3.63, 3.8) is 0 Å². The summed E-state index contributed by atoms with van der Waals surface area (Å²) in [5.41, 5.74) is 0.705. The third-order valence-corrected chi connectivity index (χ3v) is 4.23. The molecule has 8 heteroatoms. The van der Waals surface area contributed by atoms with Gasteiger partial charge in [-0.15, -0.1) is 0 Å². The average Bonchev–Trinajstić information content (AvgIpc) is 2.56. The zero-order valence-electron chi connectivity index (χ0n) is 12.8. The van der Waals surface area contributed by atoms with Crippen molar-refractivity contribution in [2.75, 3.05) is 6.61 Å². The first-order valence-corrected chi connectivity index (χ1v) is 8.52. The van der Waals surface area contributed by atoms with Gasteiger partial charge >= 0.3 is 5.97 Å². The van der Waals surface area contributed by atoms with E-state index in [1.54, 1.807) is 12.1 Å². The lowest BCUT2D eigenvalue weighted by molar-refractivity contribution is 0.0697. The molecule has 0 aliphatic rings. The highest BCUT2D eigenvalue weighted by atomic mass is 32.2. The summed E-state index contributed by atoms with van der Waals surface area (Å²) < 4.78 is 29.4. The Labute approximate surface area is 139 Å². The second kappa shape index (κ2) is 7.60. The SMILES string of the molecule is CCOc1ccc(S(=O)(=O)N/N=C/c2ccc(C(=O)O)cc2)cc1. The number of hydrogen-bond acceptors (Lipinski definition) is 5. The molecule has 2 N–H and O–H groups in total. The summed E-state index contributed by atoms with van der Waals surface area (Å²) in [6.45, 7) is 2.33. The third-order valence-electron chi connectivity index (χ3n) is 2.99. The van der Waals surface area contributed by atoms with Crippen LogP contribution in [0.2, 0.25) is 0 Å². The van der Waals surface area contributed by atoms with Gasteiger partial charge in [-0.1, -0.05) is 12.1 Å². The van der Waals surface area contributed by atoms with Crippen LogP contribution in [0.3, 0.4) is 0 Å². The summed E-state index contributed by atoms with van der Waals surface area (Å²) >= 11 is 0. The van der Waals surface area contributed by atoms with Gasteiger partial charge in [0.05, 0.1) is 23.3 Å². The molecule has 2 rings (SSSR count). The van der Waals surface area contributed by atoms with Crippen LogP contribution in [0, 0.1) is 0 Å². The van der Waals surface area contributed by atoms with Crippen LogP contribution in [0.4, 0.5) is 0 Å². The second-order valence-electron chi connectivity index (χ2n) is 4.68. The number of nitrogens with zero attached hydrogens (tertiary/aromatic N) is 1. The van der Waals surface area contributed by atoms with E-state index in [4.69, 9.17) is 9.84 Å². The number of ether oxygens (including phenoxy) is 1. The number of carboxylic acid groups (broad SMARTS) is 1. The molecule has 0 heterocycles. The monoisotopic (exact) mass is 348 g/mol. The van der Waals surface area contributed by atoms with Gasteiger partial charge in [0.15, 0.2) is 0 Å². The molecule has 0 fully saturated rings. The van der Waals surface area contributed by atoms with E-state index in [2.05, 4.69) is 9.93 Å². The van der Waals surface area contributed by atoms with Gasteiger partial charge in [0.25, 0.3) is 10.0 Å². The molecule has 0 bridgehead atoms.